The molecule has 0 heterocycles. The van der Waals surface area contributed by atoms with E-state index >= 15 is 0 Å². The van der Waals surface area contributed by atoms with Gasteiger partial charge in [0.05, 0.1) is 6.10 Å². The lowest BCUT2D eigenvalue weighted by Crippen LogP contribution is -2.02. The maximum absolute atomic E-state index is 8.87. The van der Waals surface area contributed by atoms with Gasteiger partial charge in [-0.1, -0.05) is 19.3 Å². The minimum absolute atomic E-state index is 0.336. The molecule has 1 atom stereocenters. The lowest BCUT2D eigenvalue weighted by atomic mass is 10.1. The third-order valence-electron chi connectivity index (χ3n) is 0.960. The first kappa shape index (κ1) is 7.52. The molecule has 0 rings (SSSR count). The Bertz CT molecular complexity index is 80.9. The predicted molar refractivity (Wildman–Crippen MR) is 32.7 cm³/mol. The highest BCUT2D eigenvalue weighted by molar-refractivity contribution is 4.79. The van der Waals surface area contributed by atoms with Crippen LogP contribution in [0.25, 0.3) is 0 Å². The molecule has 0 bridgehead atoms. The Hall–Kier alpha value is -0.480. The Balaban J connectivity index is 3.08. The second-order valence-electron chi connectivity index (χ2n) is 1.82. The number of aliphatic hydroxyl groups is 1. The van der Waals surface area contributed by atoms with E-state index in [0.717, 1.165) is 12.8 Å². The molecule has 0 saturated heterocycles. The van der Waals surface area contributed by atoms with E-state index in [4.69, 9.17) is 11.5 Å². The monoisotopic (exact) mass is 111 g/mol. The smallest absolute Gasteiger partial charge is 0.0649 e. The van der Waals surface area contributed by atoms with E-state index in [-0.39, 0.29) is 6.10 Å². The molecule has 0 amide bonds. The maximum Gasteiger partial charge on any atom is 0.0649 e. The lowest BCUT2D eigenvalue weighted by Gasteiger charge is -2.01. The van der Waals surface area contributed by atoms with Crippen LogP contribution in [-0.2, 0) is 0 Å². The van der Waals surface area contributed by atoms with Gasteiger partial charge in [0.2, 0.25) is 0 Å². The van der Waals surface area contributed by atoms with E-state index in [1.807, 2.05) is 6.92 Å². The molecule has 1 unspecified atom stereocenters. The average molecular weight is 111 g/mol. The van der Waals surface area contributed by atoms with Gasteiger partial charge in [0.15, 0.2) is 0 Å². The molecular formula is C7H11O. The van der Waals surface area contributed by atoms with Crippen molar-refractivity contribution in [3.05, 3.63) is 6.42 Å². The van der Waals surface area contributed by atoms with Gasteiger partial charge in [-0.25, -0.2) is 0 Å². The summed E-state index contributed by atoms with van der Waals surface area (Å²) in [5, 5.41) is 8.87. The van der Waals surface area contributed by atoms with Gasteiger partial charge in [0, 0.05) is 6.42 Å². The molecule has 0 spiro atoms. The van der Waals surface area contributed by atoms with Crippen molar-refractivity contribution >= 4 is 0 Å². The van der Waals surface area contributed by atoms with Crippen molar-refractivity contribution in [1.82, 2.24) is 0 Å². The quantitative estimate of drug-likeness (QED) is 0.541. The Kier molecular flexibility index (Phi) is 4.39. The lowest BCUT2D eigenvalue weighted by molar-refractivity contribution is 0.169. The van der Waals surface area contributed by atoms with E-state index in [0.29, 0.717) is 6.42 Å². The SMILES string of the molecule is [C]#CCC(O)CCC. The van der Waals surface area contributed by atoms with E-state index in [1.54, 1.807) is 0 Å². The molecule has 0 saturated carbocycles. The second kappa shape index (κ2) is 4.67. The molecule has 45 valence electrons. The van der Waals surface area contributed by atoms with Crippen molar-refractivity contribution in [2.75, 3.05) is 0 Å². The third kappa shape index (κ3) is 3.70. The van der Waals surface area contributed by atoms with Gasteiger partial charge in [-0.05, 0) is 12.8 Å². The summed E-state index contributed by atoms with van der Waals surface area (Å²) in [7, 11) is 0. The first-order chi connectivity index (χ1) is 3.81. The van der Waals surface area contributed by atoms with Gasteiger partial charge >= 0.3 is 0 Å². The van der Waals surface area contributed by atoms with Crippen LogP contribution >= 0.6 is 0 Å². The normalized spacial score (nSPS) is 12.6. The molecule has 0 fully saturated rings. The Morgan fingerprint density at radius 1 is 1.75 bits per heavy atom. The summed E-state index contributed by atoms with van der Waals surface area (Å²) in [5.74, 6) is 2.15. The van der Waals surface area contributed by atoms with Crippen molar-refractivity contribution < 1.29 is 5.11 Å². The van der Waals surface area contributed by atoms with Crippen LogP contribution in [0.15, 0.2) is 0 Å². The standard InChI is InChI=1S/C7H11O/c1-3-5-7(8)6-4-2/h7-8H,3,5-6H2,1H3. The zero-order valence-corrected chi connectivity index (χ0v) is 5.15. The zero-order valence-electron chi connectivity index (χ0n) is 5.15. The summed E-state index contributed by atoms with van der Waals surface area (Å²) in [6.45, 7) is 2.01. The molecule has 0 aromatic heterocycles. The van der Waals surface area contributed by atoms with Crippen molar-refractivity contribution in [2.24, 2.45) is 0 Å². The van der Waals surface area contributed by atoms with Crippen molar-refractivity contribution in [1.29, 1.82) is 0 Å². The Morgan fingerprint density at radius 2 is 2.38 bits per heavy atom. The number of rotatable bonds is 3. The fourth-order valence-corrected chi connectivity index (χ4v) is 0.553. The van der Waals surface area contributed by atoms with Gasteiger partial charge in [0.25, 0.3) is 0 Å². The first-order valence-electron chi connectivity index (χ1n) is 2.89. The van der Waals surface area contributed by atoms with Crippen LogP contribution in [0.4, 0.5) is 0 Å². The summed E-state index contributed by atoms with van der Waals surface area (Å²) >= 11 is 0. The number of hydrogen-bond donors (Lipinski definition) is 1. The molecule has 0 aromatic rings. The van der Waals surface area contributed by atoms with Crippen LogP contribution in [0.1, 0.15) is 26.2 Å². The molecule has 0 aliphatic heterocycles. The Morgan fingerprint density at radius 3 is 2.75 bits per heavy atom. The number of aliphatic hydroxyl groups excluding tert-OH is 1. The van der Waals surface area contributed by atoms with E-state index < -0.39 is 0 Å². The van der Waals surface area contributed by atoms with Crippen molar-refractivity contribution in [2.45, 2.75) is 32.3 Å². The topological polar surface area (TPSA) is 20.2 Å². The van der Waals surface area contributed by atoms with Gasteiger partial charge in [-0.15, -0.1) is 0 Å². The summed E-state index contributed by atoms with van der Waals surface area (Å²) in [6, 6.07) is 0. The molecule has 1 nitrogen and oxygen atoms in total. The van der Waals surface area contributed by atoms with Gasteiger partial charge in [0.1, 0.15) is 0 Å². The maximum atomic E-state index is 8.87. The molecule has 0 aromatic carbocycles. The summed E-state index contributed by atoms with van der Waals surface area (Å²) < 4.78 is 0. The first-order valence-corrected chi connectivity index (χ1v) is 2.89. The van der Waals surface area contributed by atoms with Crippen LogP contribution < -0.4 is 0 Å². The largest absolute Gasteiger partial charge is 0.392 e. The fourth-order valence-electron chi connectivity index (χ4n) is 0.553. The highest BCUT2D eigenvalue weighted by Crippen LogP contribution is 1.98. The van der Waals surface area contributed by atoms with Gasteiger partial charge in [-0.3, -0.25) is 0 Å². The second-order valence-corrected chi connectivity index (χ2v) is 1.82. The number of hydrogen-bond acceptors (Lipinski definition) is 1. The highest BCUT2D eigenvalue weighted by atomic mass is 16.3. The van der Waals surface area contributed by atoms with Gasteiger partial charge in [-0.2, -0.15) is 0 Å². The molecule has 1 heteroatoms. The summed E-state index contributed by atoms with van der Waals surface area (Å²) in [6.07, 6.45) is 8.31. The fraction of sp³-hybridized carbons (Fsp3) is 0.714. The van der Waals surface area contributed by atoms with Crippen LogP contribution in [0.3, 0.4) is 0 Å². The third-order valence-corrected chi connectivity index (χ3v) is 0.960. The van der Waals surface area contributed by atoms with E-state index in [1.165, 1.54) is 0 Å². The molecular weight excluding hydrogens is 100 g/mol. The van der Waals surface area contributed by atoms with E-state index in [2.05, 4.69) is 5.92 Å². The minimum atomic E-state index is -0.336. The minimum Gasteiger partial charge on any atom is -0.392 e. The van der Waals surface area contributed by atoms with Crippen LogP contribution in [0.2, 0.25) is 0 Å². The highest BCUT2D eigenvalue weighted by Gasteiger charge is 1.96. The van der Waals surface area contributed by atoms with Crippen molar-refractivity contribution in [3.63, 3.8) is 0 Å². The van der Waals surface area contributed by atoms with Crippen molar-refractivity contribution in [3.8, 4) is 5.92 Å². The zero-order chi connectivity index (χ0) is 6.41. The van der Waals surface area contributed by atoms with E-state index in [9.17, 15) is 0 Å². The molecule has 0 aliphatic rings. The summed E-state index contributed by atoms with van der Waals surface area (Å²) in [4.78, 5) is 0. The Labute approximate surface area is 50.7 Å². The molecule has 8 heavy (non-hydrogen) atoms. The molecule has 1 radical (unpaired) electrons. The van der Waals surface area contributed by atoms with Crippen LogP contribution in [0.5, 0.6) is 0 Å². The molecule has 1 N–H and O–H groups in total. The van der Waals surface area contributed by atoms with Gasteiger partial charge < -0.3 is 5.11 Å². The molecule has 0 aliphatic carbocycles. The van der Waals surface area contributed by atoms with Crippen LogP contribution in [-0.4, -0.2) is 11.2 Å². The van der Waals surface area contributed by atoms with Crippen LogP contribution in [0, 0.1) is 12.3 Å². The average Bonchev–Trinajstić information content (AvgIpc) is 1.68. The predicted octanol–water partition coefficient (Wildman–Crippen LogP) is 1.13. The summed E-state index contributed by atoms with van der Waals surface area (Å²) in [5.41, 5.74) is 0.